The van der Waals surface area contributed by atoms with Gasteiger partial charge in [0.15, 0.2) is 0 Å². The second kappa shape index (κ2) is 4.25. The van der Waals surface area contributed by atoms with Crippen LogP contribution in [0.1, 0.15) is 12.8 Å². The van der Waals surface area contributed by atoms with Crippen molar-refractivity contribution in [1.82, 2.24) is 4.90 Å². The van der Waals surface area contributed by atoms with Crippen molar-refractivity contribution in [1.29, 1.82) is 5.26 Å². The van der Waals surface area contributed by atoms with Crippen LogP contribution in [0.15, 0.2) is 24.3 Å². The smallest absolute Gasteiger partial charge is 0.146 e. The molecule has 0 radical (unpaired) electrons. The molecule has 1 N–H and O–H groups in total. The third-order valence-corrected chi connectivity index (χ3v) is 4.22. The van der Waals surface area contributed by atoms with Gasteiger partial charge in [-0.3, -0.25) is 0 Å². The average molecular weight is 245 g/mol. The fourth-order valence-electron chi connectivity index (χ4n) is 3.12. The molecule has 2 heterocycles. The normalized spacial score (nSPS) is 34.0. The van der Waals surface area contributed by atoms with E-state index in [-0.39, 0.29) is 5.82 Å². The predicted molar refractivity (Wildman–Crippen MR) is 67.5 cm³/mol. The molecule has 3 atom stereocenters. The zero-order valence-corrected chi connectivity index (χ0v) is 10.2. The van der Waals surface area contributed by atoms with Gasteiger partial charge < -0.3 is 10.2 Å². The molecule has 2 saturated heterocycles. The molecule has 94 valence electrons. The number of hydrogen-bond acceptors (Lipinski definition) is 3. The number of nitrogens with zero attached hydrogens (tertiary/aromatic N) is 2. The number of nitriles is 1. The largest absolute Gasteiger partial charge is 0.365 e. The highest BCUT2D eigenvalue weighted by Gasteiger charge is 2.46. The van der Waals surface area contributed by atoms with E-state index in [1.807, 2.05) is 0 Å². The second-order valence-corrected chi connectivity index (χ2v) is 5.22. The Hall–Kier alpha value is -1.60. The molecule has 4 heteroatoms. The predicted octanol–water partition coefficient (Wildman–Crippen LogP) is 2.23. The van der Waals surface area contributed by atoms with Crippen LogP contribution in [0.2, 0.25) is 0 Å². The van der Waals surface area contributed by atoms with E-state index >= 15 is 0 Å². The number of piperidine rings is 1. The second-order valence-electron chi connectivity index (χ2n) is 5.22. The molecular weight excluding hydrogens is 229 g/mol. The summed E-state index contributed by atoms with van der Waals surface area (Å²) in [7, 11) is 0. The van der Waals surface area contributed by atoms with Crippen molar-refractivity contribution in [3.63, 3.8) is 0 Å². The Balaban J connectivity index is 1.89. The maximum atomic E-state index is 13.7. The SMILES string of the molecule is N#CC1(Nc2ccccc2F)CCN2CCC1C2. The first-order valence-electron chi connectivity index (χ1n) is 6.40. The van der Waals surface area contributed by atoms with E-state index in [4.69, 9.17) is 0 Å². The van der Waals surface area contributed by atoms with E-state index in [2.05, 4.69) is 16.3 Å². The van der Waals surface area contributed by atoms with Gasteiger partial charge >= 0.3 is 0 Å². The van der Waals surface area contributed by atoms with Gasteiger partial charge in [0.1, 0.15) is 11.4 Å². The molecule has 0 spiro atoms. The van der Waals surface area contributed by atoms with Crippen LogP contribution in [0.5, 0.6) is 0 Å². The molecule has 2 bridgehead atoms. The van der Waals surface area contributed by atoms with Gasteiger partial charge in [0.25, 0.3) is 0 Å². The van der Waals surface area contributed by atoms with Gasteiger partial charge in [0.05, 0.1) is 11.8 Å². The van der Waals surface area contributed by atoms with Crippen LogP contribution < -0.4 is 5.32 Å². The van der Waals surface area contributed by atoms with Crippen LogP contribution in [0.4, 0.5) is 10.1 Å². The van der Waals surface area contributed by atoms with Gasteiger partial charge in [-0.1, -0.05) is 12.1 Å². The van der Waals surface area contributed by atoms with Crippen LogP contribution in [0, 0.1) is 23.1 Å². The molecule has 0 amide bonds. The first kappa shape index (κ1) is 11.5. The Kier molecular flexibility index (Phi) is 2.71. The molecule has 2 aliphatic heterocycles. The third kappa shape index (κ3) is 1.75. The quantitative estimate of drug-likeness (QED) is 0.868. The minimum absolute atomic E-state index is 0.285. The van der Waals surface area contributed by atoms with Crippen molar-refractivity contribution in [3.05, 3.63) is 30.1 Å². The lowest BCUT2D eigenvalue weighted by atomic mass is 9.79. The maximum absolute atomic E-state index is 13.7. The summed E-state index contributed by atoms with van der Waals surface area (Å²) in [6, 6.07) is 9.00. The summed E-state index contributed by atoms with van der Waals surface area (Å²) in [5, 5.41) is 12.7. The van der Waals surface area contributed by atoms with Gasteiger partial charge in [-0.15, -0.1) is 0 Å². The molecule has 2 fully saturated rings. The molecule has 0 saturated carbocycles. The average Bonchev–Trinajstić information content (AvgIpc) is 2.80. The topological polar surface area (TPSA) is 39.1 Å². The fourth-order valence-corrected chi connectivity index (χ4v) is 3.12. The summed E-state index contributed by atoms with van der Waals surface area (Å²) in [5.41, 5.74) is -0.158. The number of benzene rings is 1. The minimum Gasteiger partial charge on any atom is -0.365 e. The van der Waals surface area contributed by atoms with Crippen molar-refractivity contribution in [2.45, 2.75) is 18.4 Å². The fraction of sp³-hybridized carbons (Fsp3) is 0.500. The zero-order valence-electron chi connectivity index (χ0n) is 10.2. The van der Waals surface area contributed by atoms with Gasteiger partial charge in [-0.05, 0) is 31.5 Å². The number of fused-ring (bicyclic) bond motifs is 2. The van der Waals surface area contributed by atoms with Gasteiger partial charge in [-0.2, -0.15) is 5.26 Å². The number of rotatable bonds is 2. The molecule has 3 rings (SSSR count). The molecule has 3 nitrogen and oxygen atoms in total. The summed E-state index contributed by atoms with van der Waals surface area (Å²) < 4.78 is 13.7. The first-order chi connectivity index (χ1) is 8.73. The first-order valence-corrected chi connectivity index (χ1v) is 6.40. The van der Waals surface area contributed by atoms with E-state index in [9.17, 15) is 9.65 Å². The lowest BCUT2D eigenvalue weighted by Gasteiger charge is -2.38. The Bertz CT molecular complexity index is 496. The zero-order chi connectivity index (χ0) is 12.6. The van der Waals surface area contributed by atoms with Crippen molar-refractivity contribution in [3.8, 4) is 6.07 Å². The maximum Gasteiger partial charge on any atom is 0.146 e. The Morgan fingerprint density at radius 1 is 1.39 bits per heavy atom. The highest BCUT2D eigenvalue weighted by molar-refractivity contribution is 5.49. The Morgan fingerprint density at radius 3 is 3.00 bits per heavy atom. The lowest BCUT2D eigenvalue weighted by Crippen LogP contribution is -2.51. The van der Waals surface area contributed by atoms with E-state index in [1.54, 1.807) is 18.2 Å². The highest BCUT2D eigenvalue weighted by Crippen LogP contribution is 2.38. The van der Waals surface area contributed by atoms with Crippen LogP contribution in [0.3, 0.4) is 0 Å². The molecule has 18 heavy (non-hydrogen) atoms. The van der Waals surface area contributed by atoms with Crippen molar-refractivity contribution in [2.75, 3.05) is 25.0 Å². The van der Waals surface area contributed by atoms with E-state index < -0.39 is 5.54 Å². The molecule has 1 aromatic rings. The molecule has 3 unspecified atom stereocenters. The number of nitrogens with one attached hydrogen (secondary N) is 1. The van der Waals surface area contributed by atoms with Crippen molar-refractivity contribution in [2.24, 2.45) is 5.92 Å². The van der Waals surface area contributed by atoms with Crippen LogP contribution in [-0.2, 0) is 0 Å². The van der Waals surface area contributed by atoms with Crippen molar-refractivity contribution >= 4 is 5.69 Å². The molecular formula is C14H16FN3. The number of halogens is 1. The molecule has 0 aromatic heterocycles. The third-order valence-electron chi connectivity index (χ3n) is 4.22. The number of para-hydroxylation sites is 1. The summed E-state index contributed by atoms with van der Waals surface area (Å²) in [4.78, 5) is 2.38. The van der Waals surface area contributed by atoms with Gasteiger partial charge in [-0.25, -0.2) is 4.39 Å². The number of hydrogen-bond donors (Lipinski definition) is 1. The lowest BCUT2D eigenvalue weighted by molar-refractivity contribution is 0.221. The Labute approximate surface area is 106 Å². The standard InChI is InChI=1S/C14H16FN3/c15-12-3-1-2-4-13(12)17-14(10-16)6-8-18-7-5-11(14)9-18/h1-4,11,17H,5-9H2. The van der Waals surface area contributed by atoms with Gasteiger partial charge in [0, 0.05) is 19.0 Å². The van der Waals surface area contributed by atoms with E-state index in [0.29, 0.717) is 11.6 Å². The van der Waals surface area contributed by atoms with Crippen LogP contribution in [-0.4, -0.2) is 30.1 Å². The van der Waals surface area contributed by atoms with E-state index in [0.717, 1.165) is 32.5 Å². The van der Waals surface area contributed by atoms with E-state index in [1.165, 1.54) is 6.07 Å². The molecule has 2 aliphatic rings. The molecule has 1 aromatic carbocycles. The summed E-state index contributed by atoms with van der Waals surface area (Å²) >= 11 is 0. The van der Waals surface area contributed by atoms with Crippen LogP contribution in [0.25, 0.3) is 0 Å². The summed E-state index contributed by atoms with van der Waals surface area (Å²) in [6.07, 6.45) is 1.79. The summed E-state index contributed by atoms with van der Waals surface area (Å²) in [5.74, 6) is 0.0170. The Morgan fingerprint density at radius 2 is 2.22 bits per heavy atom. The van der Waals surface area contributed by atoms with Crippen molar-refractivity contribution < 1.29 is 4.39 Å². The van der Waals surface area contributed by atoms with Crippen LogP contribution >= 0.6 is 0 Å². The number of anilines is 1. The minimum atomic E-state index is -0.602. The van der Waals surface area contributed by atoms with Gasteiger partial charge in [0.2, 0.25) is 0 Å². The summed E-state index contributed by atoms with van der Waals surface area (Å²) in [6.45, 7) is 2.94. The monoisotopic (exact) mass is 245 g/mol. The molecule has 0 aliphatic carbocycles. The highest BCUT2D eigenvalue weighted by atomic mass is 19.1.